The highest BCUT2D eigenvalue weighted by Gasteiger charge is 2.32. The maximum absolute atomic E-state index is 6.17. The lowest BCUT2D eigenvalue weighted by Crippen LogP contribution is -2.48. The topological polar surface area (TPSA) is 29.3 Å². The van der Waals surface area contributed by atoms with E-state index in [2.05, 4.69) is 57.0 Å². The third-order valence-corrected chi connectivity index (χ3v) is 4.21. The molecule has 20 heavy (non-hydrogen) atoms. The van der Waals surface area contributed by atoms with Crippen molar-refractivity contribution in [2.75, 3.05) is 13.6 Å². The van der Waals surface area contributed by atoms with E-state index in [4.69, 9.17) is 5.73 Å². The van der Waals surface area contributed by atoms with Crippen LogP contribution >= 0.6 is 12.4 Å². The molecule has 0 radical (unpaired) electrons. The lowest BCUT2D eigenvalue weighted by molar-refractivity contribution is 0.190. The number of likely N-dealkylation sites (N-methyl/N-ethyl adjacent to an activating group) is 1. The van der Waals surface area contributed by atoms with Crippen LogP contribution in [-0.4, -0.2) is 30.1 Å². The summed E-state index contributed by atoms with van der Waals surface area (Å²) in [4.78, 5) is 2.47. The lowest BCUT2D eigenvalue weighted by atomic mass is 9.92. The minimum Gasteiger partial charge on any atom is -0.324 e. The zero-order chi connectivity index (χ0) is 14.0. The summed E-state index contributed by atoms with van der Waals surface area (Å²) in [6, 6.07) is 9.72. The number of nitrogens with two attached hydrogens (primary N) is 1. The summed E-state index contributed by atoms with van der Waals surface area (Å²) in [6.07, 6.45) is 3.94. The average Bonchev–Trinajstić information content (AvgIpc) is 2.76. The summed E-state index contributed by atoms with van der Waals surface area (Å²) < 4.78 is 0. The molecule has 2 atom stereocenters. The third kappa shape index (κ3) is 4.47. The number of rotatable bonds is 4. The average molecular weight is 297 g/mol. The van der Waals surface area contributed by atoms with E-state index < -0.39 is 0 Å². The van der Waals surface area contributed by atoms with Gasteiger partial charge >= 0.3 is 0 Å². The number of nitrogens with zero attached hydrogens (tertiary/aromatic N) is 1. The van der Waals surface area contributed by atoms with Crippen LogP contribution in [0.4, 0.5) is 0 Å². The molecule has 0 aliphatic heterocycles. The van der Waals surface area contributed by atoms with Crippen LogP contribution in [0.25, 0.3) is 0 Å². The molecule has 1 saturated carbocycles. The second-order valence-corrected chi connectivity index (χ2v) is 6.92. The van der Waals surface area contributed by atoms with Gasteiger partial charge in [0.15, 0.2) is 0 Å². The van der Waals surface area contributed by atoms with Gasteiger partial charge in [0.2, 0.25) is 0 Å². The first-order chi connectivity index (χ1) is 8.87. The minimum absolute atomic E-state index is 0. The molecular formula is C17H29ClN2. The van der Waals surface area contributed by atoms with E-state index in [-0.39, 0.29) is 17.9 Å². The Bertz CT molecular complexity index is 408. The molecule has 0 bridgehead atoms. The molecule has 0 spiro atoms. The van der Waals surface area contributed by atoms with Crippen molar-refractivity contribution in [1.82, 2.24) is 4.90 Å². The summed E-state index contributed by atoms with van der Waals surface area (Å²) in [5.41, 5.74) is 8.89. The van der Waals surface area contributed by atoms with Gasteiger partial charge in [0.1, 0.15) is 0 Å². The molecule has 1 aromatic rings. The fourth-order valence-corrected chi connectivity index (χ4v) is 3.43. The molecule has 1 aliphatic carbocycles. The normalized spacial score (nSPS) is 22.9. The molecule has 1 aliphatic rings. The molecule has 1 fully saturated rings. The van der Waals surface area contributed by atoms with Crippen molar-refractivity contribution in [3.8, 4) is 0 Å². The van der Waals surface area contributed by atoms with Gasteiger partial charge in [0.05, 0.1) is 0 Å². The molecule has 2 nitrogen and oxygen atoms in total. The first-order valence-corrected chi connectivity index (χ1v) is 7.42. The molecule has 2 unspecified atom stereocenters. The van der Waals surface area contributed by atoms with Gasteiger partial charge in [0.25, 0.3) is 0 Å². The molecule has 0 aromatic heterocycles. The van der Waals surface area contributed by atoms with Gasteiger partial charge in [-0.2, -0.15) is 0 Å². The molecule has 2 rings (SSSR count). The summed E-state index contributed by atoms with van der Waals surface area (Å²) in [6.45, 7) is 7.33. The van der Waals surface area contributed by atoms with Gasteiger partial charge in [-0.05, 0) is 52.1 Å². The molecule has 2 N–H and O–H groups in total. The zero-order valence-electron chi connectivity index (χ0n) is 13.2. The fraction of sp³-hybridized carbons (Fsp3) is 0.647. The van der Waals surface area contributed by atoms with Gasteiger partial charge in [0, 0.05) is 18.1 Å². The summed E-state index contributed by atoms with van der Waals surface area (Å²) >= 11 is 0. The number of hydrogen-bond acceptors (Lipinski definition) is 2. The largest absolute Gasteiger partial charge is 0.324 e. The van der Waals surface area contributed by atoms with E-state index in [9.17, 15) is 0 Å². The van der Waals surface area contributed by atoms with E-state index in [0.29, 0.717) is 12.0 Å². The third-order valence-electron chi connectivity index (χ3n) is 4.21. The SMILES string of the molecule is Cc1ccc(C2CCCC2N(C)CC(C)(C)N)cc1.Cl. The van der Waals surface area contributed by atoms with Crippen molar-refractivity contribution >= 4 is 12.4 Å². The second-order valence-electron chi connectivity index (χ2n) is 6.92. The van der Waals surface area contributed by atoms with E-state index in [0.717, 1.165) is 6.54 Å². The van der Waals surface area contributed by atoms with E-state index in [1.807, 2.05) is 0 Å². The first kappa shape index (κ1) is 17.5. The summed E-state index contributed by atoms with van der Waals surface area (Å²) in [5, 5.41) is 0. The molecular weight excluding hydrogens is 268 g/mol. The van der Waals surface area contributed by atoms with Crippen molar-refractivity contribution in [3.63, 3.8) is 0 Å². The Balaban J connectivity index is 0.00000200. The second kappa shape index (κ2) is 6.93. The van der Waals surface area contributed by atoms with Gasteiger partial charge in [-0.1, -0.05) is 36.2 Å². The zero-order valence-corrected chi connectivity index (χ0v) is 14.0. The van der Waals surface area contributed by atoms with Crippen molar-refractivity contribution in [2.45, 2.75) is 57.5 Å². The highest BCUT2D eigenvalue weighted by atomic mass is 35.5. The molecule has 0 heterocycles. The van der Waals surface area contributed by atoms with Gasteiger partial charge in [-0.3, -0.25) is 0 Å². The van der Waals surface area contributed by atoms with Crippen LogP contribution in [0.3, 0.4) is 0 Å². The fourth-order valence-electron chi connectivity index (χ4n) is 3.43. The van der Waals surface area contributed by atoms with Gasteiger partial charge in [-0.25, -0.2) is 0 Å². The van der Waals surface area contributed by atoms with Crippen molar-refractivity contribution in [2.24, 2.45) is 5.73 Å². The van der Waals surface area contributed by atoms with Crippen LogP contribution in [0.15, 0.2) is 24.3 Å². The Kier molecular flexibility index (Phi) is 6.06. The van der Waals surface area contributed by atoms with Crippen LogP contribution in [0, 0.1) is 6.92 Å². The first-order valence-electron chi connectivity index (χ1n) is 7.42. The Hall–Kier alpha value is -0.570. The van der Waals surface area contributed by atoms with Crippen molar-refractivity contribution in [3.05, 3.63) is 35.4 Å². The molecule has 114 valence electrons. The lowest BCUT2D eigenvalue weighted by Gasteiger charge is -2.34. The molecule has 1 aromatic carbocycles. The number of hydrogen-bond donors (Lipinski definition) is 1. The van der Waals surface area contributed by atoms with E-state index in [1.165, 1.54) is 30.4 Å². The number of benzene rings is 1. The van der Waals surface area contributed by atoms with E-state index >= 15 is 0 Å². The van der Waals surface area contributed by atoms with Crippen molar-refractivity contribution < 1.29 is 0 Å². The van der Waals surface area contributed by atoms with Crippen LogP contribution in [-0.2, 0) is 0 Å². The van der Waals surface area contributed by atoms with Crippen molar-refractivity contribution in [1.29, 1.82) is 0 Å². The number of aryl methyl sites for hydroxylation is 1. The maximum Gasteiger partial charge on any atom is 0.0226 e. The maximum atomic E-state index is 6.17. The van der Waals surface area contributed by atoms with Crippen LogP contribution < -0.4 is 5.73 Å². The Morgan fingerprint density at radius 1 is 1.20 bits per heavy atom. The Labute approximate surface area is 130 Å². The van der Waals surface area contributed by atoms with E-state index in [1.54, 1.807) is 0 Å². The standard InChI is InChI=1S/C17H28N2.ClH/c1-13-8-10-14(11-9-13)15-6-5-7-16(15)19(4)12-17(2,3)18;/h8-11,15-16H,5-7,12,18H2,1-4H3;1H. The molecule has 0 amide bonds. The Morgan fingerprint density at radius 3 is 2.35 bits per heavy atom. The molecule has 0 saturated heterocycles. The Morgan fingerprint density at radius 2 is 1.80 bits per heavy atom. The predicted molar refractivity (Wildman–Crippen MR) is 89.7 cm³/mol. The van der Waals surface area contributed by atoms with Gasteiger partial charge in [-0.15, -0.1) is 12.4 Å². The quantitative estimate of drug-likeness (QED) is 0.917. The summed E-state index contributed by atoms with van der Waals surface area (Å²) in [7, 11) is 2.23. The van der Waals surface area contributed by atoms with Gasteiger partial charge < -0.3 is 10.6 Å². The smallest absolute Gasteiger partial charge is 0.0226 e. The highest BCUT2D eigenvalue weighted by Crippen LogP contribution is 2.37. The number of halogens is 1. The van der Waals surface area contributed by atoms with Crippen LogP contribution in [0.1, 0.15) is 50.2 Å². The highest BCUT2D eigenvalue weighted by molar-refractivity contribution is 5.85. The monoisotopic (exact) mass is 296 g/mol. The van der Waals surface area contributed by atoms with Crippen LogP contribution in [0.2, 0.25) is 0 Å². The molecule has 3 heteroatoms. The predicted octanol–water partition coefficient (Wildman–Crippen LogP) is 3.72. The minimum atomic E-state index is -0.116. The van der Waals surface area contributed by atoms with Crippen LogP contribution in [0.5, 0.6) is 0 Å². The summed E-state index contributed by atoms with van der Waals surface area (Å²) in [5.74, 6) is 0.674.